The van der Waals surface area contributed by atoms with E-state index in [4.69, 9.17) is 9.15 Å². The number of carbonyl (C=O) groups excluding carboxylic acids is 2. The molecule has 144 valence electrons. The number of esters is 1. The number of benzene rings is 2. The lowest BCUT2D eigenvalue weighted by atomic mass is 10.2. The van der Waals surface area contributed by atoms with Crippen molar-refractivity contribution in [3.05, 3.63) is 71.4 Å². The Kier molecular flexibility index (Phi) is 6.44. The fourth-order valence-electron chi connectivity index (χ4n) is 2.34. The van der Waals surface area contributed by atoms with Gasteiger partial charge in [-0.1, -0.05) is 29.8 Å². The molecule has 3 aromatic rings. The molecule has 0 spiro atoms. The van der Waals surface area contributed by atoms with E-state index < -0.39 is 5.97 Å². The average Bonchev–Trinajstić information content (AvgIpc) is 3.12. The highest BCUT2D eigenvalue weighted by Crippen LogP contribution is 2.24. The lowest BCUT2D eigenvalue weighted by Gasteiger charge is -2.09. The summed E-state index contributed by atoms with van der Waals surface area (Å²) >= 11 is 1.27. The van der Waals surface area contributed by atoms with Gasteiger partial charge in [0.05, 0.1) is 11.3 Å². The molecule has 0 unspecified atom stereocenters. The van der Waals surface area contributed by atoms with Crippen molar-refractivity contribution in [3.63, 3.8) is 0 Å². The van der Waals surface area contributed by atoms with Crippen LogP contribution < -0.4 is 5.32 Å². The van der Waals surface area contributed by atoms with Crippen LogP contribution in [-0.4, -0.2) is 27.8 Å². The van der Waals surface area contributed by atoms with E-state index in [0.717, 1.165) is 11.3 Å². The molecule has 7 nitrogen and oxygen atoms in total. The lowest BCUT2D eigenvalue weighted by Crippen LogP contribution is -2.14. The van der Waals surface area contributed by atoms with Crippen LogP contribution in [0.3, 0.4) is 0 Å². The largest absolute Gasteiger partial charge is 0.452 e. The number of hydrogen-bond acceptors (Lipinski definition) is 7. The minimum Gasteiger partial charge on any atom is -0.452 e. The smallest absolute Gasteiger partial charge is 0.339 e. The quantitative estimate of drug-likeness (QED) is 0.479. The molecular weight excluding hydrogens is 378 g/mol. The van der Waals surface area contributed by atoms with Crippen LogP contribution in [0.4, 0.5) is 5.69 Å². The number of nitrogens with one attached hydrogen (secondary N) is 1. The number of anilines is 1. The fourth-order valence-corrected chi connectivity index (χ4v) is 3.18. The van der Waals surface area contributed by atoms with Gasteiger partial charge in [-0.2, -0.15) is 0 Å². The number of aryl methyl sites for hydroxylation is 2. The SMILES string of the molecule is Cc1ccc(NC(=O)CSc2ccccc2C(=O)OCc2nnc(C)o2)cc1. The molecule has 8 heteroatoms. The minimum atomic E-state index is -0.516. The van der Waals surface area contributed by atoms with E-state index >= 15 is 0 Å². The highest BCUT2D eigenvalue weighted by molar-refractivity contribution is 8.00. The predicted molar refractivity (Wildman–Crippen MR) is 105 cm³/mol. The number of hydrogen-bond donors (Lipinski definition) is 1. The zero-order valence-corrected chi connectivity index (χ0v) is 16.3. The minimum absolute atomic E-state index is 0.105. The number of rotatable bonds is 7. The van der Waals surface area contributed by atoms with Gasteiger partial charge in [-0.05, 0) is 31.2 Å². The van der Waals surface area contributed by atoms with Crippen molar-refractivity contribution in [2.45, 2.75) is 25.3 Å². The first-order chi connectivity index (χ1) is 13.5. The molecule has 0 saturated heterocycles. The third kappa shape index (κ3) is 5.43. The summed E-state index contributed by atoms with van der Waals surface area (Å²) in [4.78, 5) is 25.2. The maximum atomic E-state index is 12.4. The summed E-state index contributed by atoms with van der Waals surface area (Å²) in [5.41, 5.74) is 2.24. The summed E-state index contributed by atoms with van der Waals surface area (Å²) in [6.07, 6.45) is 0. The second-order valence-corrected chi connectivity index (χ2v) is 7.01. The van der Waals surface area contributed by atoms with Gasteiger partial charge in [0.25, 0.3) is 5.89 Å². The molecule has 3 rings (SSSR count). The Bertz CT molecular complexity index is 970. The van der Waals surface area contributed by atoms with E-state index in [1.165, 1.54) is 11.8 Å². The standard InChI is InChI=1S/C20H19N3O4S/c1-13-7-9-15(10-8-13)21-18(24)12-28-17-6-4-3-5-16(17)20(25)26-11-19-23-22-14(2)27-19/h3-10H,11-12H2,1-2H3,(H,21,24). The molecule has 0 aliphatic heterocycles. The van der Waals surface area contributed by atoms with Gasteiger partial charge in [-0.15, -0.1) is 22.0 Å². The van der Waals surface area contributed by atoms with Crippen LogP contribution in [-0.2, 0) is 16.1 Å². The molecule has 0 fully saturated rings. The Hall–Kier alpha value is -3.13. The van der Waals surface area contributed by atoms with Crippen molar-refractivity contribution in [3.8, 4) is 0 Å². The van der Waals surface area contributed by atoms with Crippen molar-refractivity contribution in [1.82, 2.24) is 10.2 Å². The molecule has 2 aromatic carbocycles. The van der Waals surface area contributed by atoms with Gasteiger partial charge in [-0.3, -0.25) is 4.79 Å². The third-order valence-corrected chi connectivity index (χ3v) is 4.77. The second-order valence-electron chi connectivity index (χ2n) is 5.99. The van der Waals surface area contributed by atoms with Crippen LogP contribution in [0, 0.1) is 13.8 Å². The monoisotopic (exact) mass is 397 g/mol. The number of amides is 1. The molecule has 0 radical (unpaired) electrons. The van der Waals surface area contributed by atoms with E-state index in [9.17, 15) is 9.59 Å². The molecule has 0 atom stereocenters. The Morgan fingerprint density at radius 1 is 1.07 bits per heavy atom. The molecule has 0 saturated carbocycles. The molecule has 1 amide bonds. The van der Waals surface area contributed by atoms with E-state index in [-0.39, 0.29) is 24.2 Å². The topological polar surface area (TPSA) is 94.3 Å². The predicted octanol–water partition coefficient (Wildman–Crippen LogP) is 3.77. The van der Waals surface area contributed by atoms with Gasteiger partial charge < -0.3 is 14.5 Å². The summed E-state index contributed by atoms with van der Waals surface area (Å²) in [6, 6.07) is 14.5. The number of aromatic nitrogens is 2. The second kappa shape index (κ2) is 9.18. The van der Waals surface area contributed by atoms with Crippen LogP contribution in [0.15, 0.2) is 57.8 Å². The zero-order valence-electron chi connectivity index (χ0n) is 15.5. The van der Waals surface area contributed by atoms with Crippen molar-refractivity contribution in [1.29, 1.82) is 0 Å². The number of thioether (sulfide) groups is 1. The number of nitrogens with zero attached hydrogens (tertiary/aromatic N) is 2. The molecule has 0 bridgehead atoms. The van der Waals surface area contributed by atoms with Gasteiger partial charge in [-0.25, -0.2) is 4.79 Å². The summed E-state index contributed by atoms with van der Waals surface area (Å²) in [5.74, 6) is 0.132. The first-order valence-corrected chi connectivity index (χ1v) is 9.54. The van der Waals surface area contributed by atoms with E-state index in [1.807, 2.05) is 31.2 Å². The third-order valence-electron chi connectivity index (χ3n) is 3.70. The van der Waals surface area contributed by atoms with Crippen molar-refractivity contribution in [2.24, 2.45) is 0 Å². The first kappa shape index (κ1) is 19.6. The normalized spacial score (nSPS) is 10.5. The Balaban J connectivity index is 1.57. The van der Waals surface area contributed by atoms with E-state index in [2.05, 4.69) is 15.5 Å². The van der Waals surface area contributed by atoms with Gasteiger partial charge in [0, 0.05) is 17.5 Å². The summed E-state index contributed by atoms with van der Waals surface area (Å²) in [5, 5.41) is 10.3. The molecule has 1 N–H and O–H groups in total. The van der Waals surface area contributed by atoms with Crippen molar-refractivity contribution < 1.29 is 18.7 Å². The molecule has 0 aliphatic carbocycles. The molecule has 1 heterocycles. The van der Waals surface area contributed by atoms with Crippen LogP contribution >= 0.6 is 11.8 Å². The van der Waals surface area contributed by atoms with Gasteiger partial charge in [0.15, 0.2) is 6.61 Å². The Labute approximate surface area is 166 Å². The van der Waals surface area contributed by atoms with Gasteiger partial charge >= 0.3 is 5.97 Å². The first-order valence-electron chi connectivity index (χ1n) is 8.56. The summed E-state index contributed by atoms with van der Waals surface area (Å²) in [6.45, 7) is 3.54. The maximum absolute atomic E-state index is 12.4. The maximum Gasteiger partial charge on any atom is 0.339 e. The van der Waals surface area contributed by atoms with Crippen LogP contribution in [0.25, 0.3) is 0 Å². The van der Waals surface area contributed by atoms with Gasteiger partial charge in [0.2, 0.25) is 11.8 Å². The van der Waals surface area contributed by atoms with Gasteiger partial charge in [0.1, 0.15) is 0 Å². The summed E-state index contributed by atoms with van der Waals surface area (Å²) in [7, 11) is 0. The van der Waals surface area contributed by atoms with Crippen LogP contribution in [0.1, 0.15) is 27.7 Å². The molecule has 1 aromatic heterocycles. The van der Waals surface area contributed by atoms with E-state index in [0.29, 0.717) is 16.3 Å². The Morgan fingerprint density at radius 3 is 2.54 bits per heavy atom. The summed E-state index contributed by atoms with van der Waals surface area (Å²) < 4.78 is 10.4. The van der Waals surface area contributed by atoms with E-state index in [1.54, 1.807) is 31.2 Å². The average molecular weight is 397 g/mol. The van der Waals surface area contributed by atoms with Crippen LogP contribution in [0.5, 0.6) is 0 Å². The van der Waals surface area contributed by atoms with Crippen molar-refractivity contribution >= 4 is 29.3 Å². The molecule has 28 heavy (non-hydrogen) atoms. The van der Waals surface area contributed by atoms with Crippen LogP contribution in [0.2, 0.25) is 0 Å². The highest BCUT2D eigenvalue weighted by atomic mass is 32.2. The Morgan fingerprint density at radius 2 is 1.82 bits per heavy atom. The number of ether oxygens (including phenoxy) is 1. The molecule has 0 aliphatic rings. The fraction of sp³-hybridized carbons (Fsp3) is 0.200. The molecular formula is C20H19N3O4S. The lowest BCUT2D eigenvalue weighted by molar-refractivity contribution is -0.113. The zero-order chi connectivity index (χ0) is 19.9. The highest BCUT2D eigenvalue weighted by Gasteiger charge is 2.15. The van der Waals surface area contributed by atoms with Crippen molar-refractivity contribution in [2.75, 3.05) is 11.1 Å². The number of carbonyl (C=O) groups is 2.